The lowest BCUT2D eigenvalue weighted by atomic mass is 10.1. The number of benzene rings is 2. The van der Waals surface area contributed by atoms with E-state index in [-0.39, 0.29) is 34.7 Å². The van der Waals surface area contributed by atoms with Gasteiger partial charge >= 0.3 is 11.8 Å². The third-order valence-electron chi connectivity index (χ3n) is 7.18. The van der Waals surface area contributed by atoms with Gasteiger partial charge in [-0.05, 0) is 28.9 Å². The molecule has 14 heteroatoms. The van der Waals surface area contributed by atoms with Crippen molar-refractivity contribution in [3.8, 4) is 0 Å². The number of carbonyl (C=O) groups is 3. The van der Waals surface area contributed by atoms with Crippen LogP contribution in [0.25, 0.3) is 11.2 Å². The number of fused-ring (bicyclic) bond motifs is 2. The highest BCUT2D eigenvalue weighted by molar-refractivity contribution is 6.13. The highest BCUT2D eigenvalue weighted by atomic mass is 16.6. The number of hydroxylamine groups is 3. The van der Waals surface area contributed by atoms with Crippen LogP contribution in [0.1, 0.15) is 37.3 Å². The van der Waals surface area contributed by atoms with Crippen LogP contribution < -0.4 is 5.32 Å². The van der Waals surface area contributed by atoms with Crippen molar-refractivity contribution in [1.82, 2.24) is 19.5 Å². The molecule has 1 fully saturated rings. The van der Waals surface area contributed by atoms with E-state index in [4.69, 9.17) is 9.47 Å². The third-order valence-corrected chi connectivity index (χ3v) is 7.18. The van der Waals surface area contributed by atoms with Gasteiger partial charge in [0, 0.05) is 5.56 Å². The molecular formula is C27H25N6O8+. The first-order chi connectivity index (χ1) is 19.8. The largest absolute Gasteiger partial charge is 0.394 e. The molecule has 2 aliphatic heterocycles. The average molecular weight is 562 g/mol. The number of ether oxygens (including phenoxy) is 2. The van der Waals surface area contributed by atoms with Crippen LogP contribution in [0.4, 0.5) is 5.82 Å². The molecule has 14 nitrogen and oxygen atoms in total. The van der Waals surface area contributed by atoms with Crippen LogP contribution in [0.3, 0.4) is 0 Å². The maximum Gasteiger partial charge on any atom is 0.386 e. The Morgan fingerprint density at radius 2 is 1.71 bits per heavy atom. The monoisotopic (exact) mass is 561 g/mol. The van der Waals surface area contributed by atoms with Gasteiger partial charge in [-0.3, -0.25) is 9.36 Å². The number of hydrogen-bond acceptors (Lipinski definition) is 11. The van der Waals surface area contributed by atoms with E-state index in [9.17, 15) is 29.8 Å². The van der Waals surface area contributed by atoms with Gasteiger partial charge in [0.15, 0.2) is 23.2 Å². The number of nitrogens with one attached hydrogen (secondary N) is 1. The maximum absolute atomic E-state index is 12.8. The van der Waals surface area contributed by atoms with Gasteiger partial charge < -0.3 is 25.0 Å². The van der Waals surface area contributed by atoms with Crippen molar-refractivity contribution in [1.29, 1.82) is 0 Å². The van der Waals surface area contributed by atoms with Crippen molar-refractivity contribution >= 4 is 34.7 Å². The predicted octanol–water partition coefficient (Wildman–Crippen LogP) is 0.915. The fourth-order valence-electron chi connectivity index (χ4n) is 5.04. The zero-order valence-electron chi connectivity index (χ0n) is 21.4. The molecule has 2 aliphatic rings. The van der Waals surface area contributed by atoms with Crippen molar-refractivity contribution in [3.05, 3.63) is 83.9 Å². The number of imide groups is 1. The SMILES string of the molecule is O=C(Nc1ncnc2c1ncn2[C@@H]1O[C@H](CO)[C@@H](O)[C@H]1OCC[N+]1(O)C(=O)c2ccccc2C1=O)c1ccccc1. The van der Waals surface area contributed by atoms with Crippen LogP contribution in [0.15, 0.2) is 67.3 Å². The first kappa shape index (κ1) is 26.8. The molecule has 2 aromatic heterocycles. The van der Waals surface area contributed by atoms with Gasteiger partial charge in [-0.25, -0.2) is 29.7 Å². The van der Waals surface area contributed by atoms with Crippen LogP contribution in [0.2, 0.25) is 0 Å². The quantitative estimate of drug-likeness (QED) is 0.136. The summed E-state index contributed by atoms with van der Waals surface area (Å²) >= 11 is 0. The number of rotatable bonds is 8. The number of anilines is 1. The molecule has 4 N–H and O–H groups in total. The first-order valence-corrected chi connectivity index (χ1v) is 12.7. The zero-order chi connectivity index (χ0) is 28.7. The molecule has 210 valence electrons. The van der Waals surface area contributed by atoms with Gasteiger partial charge in [-0.15, -0.1) is 0 Å². The van der Waals surface area contributed by atoms with Crippen LogP contribution >= 0.6 is 0 Å². The van der Waals surface area contributed by atoms with Crippen molar-refractivity contribution < 1.29 is 43.9 Å². The minimum absolute atomic E-state index is 0.113. The normalized spacial score (nSPS) is 23.2. The van der Waals surface area contributed by atoms with E-state index in [1.54, 1.807) is 42.5 Å². The molecule has 4 heterocycles. The van der Waals surface area contributed by atoms with Gasteiger partial charge in [0.2, 0.25) is 0 Å². The summed E-state index contributed by atoms with van der Waals surface area (Å²) in [5.41, 5.74) is 1.14. The number of aromatic nitrogens is 4. The van der Waals surface area contributed by atoms with Crippen LogP contribution in [0, 0.1) is 0 Å². The minimum Gasteiger partial charge on any atom is -0.394 e. The van der Waals surface area contributed by atoms with Crippen molar-refractivity contribution in [3.63, 3.8) is 0 Å². The van der Waals surface area contributed by atoms with E-state index >= 15 is 0 Å². The molecule has 1 saturated heterocycles. The van der Waals surface area contributed by atoms with E-state index in [1.165, 1.54) is 29.4 Å². The molecule has 0 aliphatic carbocycles. The Hall–Kier alpha value is -4.44. The average Bonchev–Trinajstić information content (AvgIpc) is 3.62. The van der Waals surface area contributed by atoms with Crippen molar-refractivity contribution in [2.45, 2.75) is 24.5 Å². The molecule has 0 unspecified atom stereocenters. The number of aliphatic hydroxyl groups is 2. The molecule has 0 radical (unpaired) electrons. The molecule has 0 saturated carbocycles. The van der Waals surface area contributed by atoms with E-state index in [0.717, 1.165) is 0 Å². The summed E-state index contributed by atoms with van der Waals surface area (Å²) in [6, 6.07) is 14.7. The number of nitrogens with zero attached hydrogens (tertiary/aromatic N) is 5. The Morgan fingerprint density at radius 3 is 2.39 bits per heavy atom. The second kappa shape index (κ2) is 10.5. The number of imidazole rings is 1. The Morgan fingerprint density at radius 1 is 1.02 bits per heavy atom. The number of amides is 3. The Bertz CT molecular complexity index is 1610. The second-order valence-corrected chi connectivity index (χ2v) is 9.59. The van der Waals surface area contributed by atoms with Crippen LogP contribution in [-0.2, 0) is 9.47 Å². The summed E-state index contributed by atoms with van der Waals surface area (Å²) in [5, 5.41) is 34.3. The number of aliphatic hydroxyl groups excluding tert-OH is 2. The number of hydrogen-bond donors (Lipinski definition) is 4. The Labute approximate surface area is 232 Å². The molecule has 4 aromatic rings. The van der Waals surface area contributed by atoms with Crippen molar-refractivity contribution in [2.75, 3.05) is 25.1 Å². The third kappa shape index (κ3) is 4.48. The molecule has 2 aromatic carbocycles. The highest BCUT2D eigenvalue weighted by Crippen LogP contribution is 2.35. The molecule has 41 heavy (non-hydrogen) atoms. The van der Waals surface area contributed by atoms with Gasteiger partial charge in [0.25, 0.3) is 5.91 Å². The van der Waals surface area contributed by atoms with Crippen LogP contribution in [0.5, 0.6) is 0 Å². The minimum atomic E-state index is -1.50. The molecule has 0 spiro atoms. The number of quaternary nitrogens is 1. The van der Waals surface area contributed by atoms with E-state index in [1.807, 2.05) is 0 Å². The molecular weight excluding hydrogens is 536 g/mol. The van der Waals surface area contributed by atoms with Gasteiger partial charge in [0.1, 0.15) is 37.8 Å². The Kier molecular flexibility index (Phi) is 6.86. The van der Waals surface area contributed by atoms with Crippen LogP contribution in [-0.4, -0.2) is 95.4 Å². The maximum atomic E-state index is 12.8. The van der Waals surface area contributed by atoms with E-state index in [0.29, 0.717) is 5.56 Å². The summed E-state index contributed by atoms with van der Waals surface area (Å²) in [6.45, 7) is -1.26. The Balaban J connectivity index is 1.23. The smallest absolute Gasteiger partial charge is 0.386 e. The van der Waals surface area contributed by atoms with E-state index in [2.05, 4.69) is 20.3 Å². The van der Waals surface area contributed by atoms with Gasteiger partial charge in [-0.2, -0.15) is 0 Å². The summed E-state index contributed by atoms with van der Waals surface area (Å²) in [4.78, 5) is 51.0. The molecule has 3 amide bonds. The lowest BCUT2D eigenvalue weighted by molar-refractivity contribution is -0.965. The predicted molar refractivity (Wildman–Crippen MR) is 138 cm³/mol. The lowest BCUT2D eigenvalue weighted by Gasteiger charge is -2.24. The van der Waals surface area contributed by atoms with Gasteiger partial charge in [-0.1, -0.05) is 30.3 Å². The molecule has 6 rings (SSSR count). The topological polar surface area (TPSA) is 186 Å². The fourth-order valence-corrected chi connectivity index (χ4v) is 5.04. The fraction of sp³-hybridized carbons (Fsp3) is 0.259. The summed E-state index contributed by atoms with van der Waals surface area (Å²) in [6.07, 6.45) is -1.89. The molecule has 0 bridgehead atoms. The lowest BCUT2D eigenvalue weighted by Crippen LogP contribution is -2.52. The number of carbonyl (C=O) groups excluding carboxylic acids is 3. The standard InChI is InChI=1S/C27H24N6O8/c34-12-18-20(35)21(40-11-10-33(39)26(37)16-8-4-5-9-17(16)27(33)38)25(41-18)32-14-30-19-22(28-13-29-23(19)32)31-24(36)15-6-2-1-3-7-15/h1-9,13-14,18,20-21,25,34-35,39H,10-12H2/p+1/t18-,20-,21-,25-/m1/s1. The molecule has 4 atom stereocenters. The second-order valence-electron chi connectivity index (χ2n) is 9.59. The summed E-state index contributed by atoms with van der Waals surface area (Å²) in [5.74, 6) is -1.80. The highest BCUT2D eigenvalue weighted by Gasteiger charge is 2.54. The van der Waals surface area contributed by atoms with Crippen molar-refractivity contribution in [2.24, 2.45) is 0 Å². The first-order valence-electron chi connectivity index (χ1n) is 12.7. The van der Waals surface area contributed by atoms with E-state index < -0.39 is 60.1 Å². The van der Waals surface area contributed by atoms with Gasteiger partial charge in [0.05, 0.1) is 24.1 Å². The summed E-state index contributed by atoms with van der Waals surface area (Å²) < 4.78 is 11.7. The summed E-state index contributed by atoms with van der Waals surface area (Å²) in [7, 11) is 0. The zero-order valence-corrected chi connectivity index (χ0v) is 21.4.